The highest BCUT2D eigenvalue weighted by Crippen LogP contribution is 2.32. The Morgan fingerprint density at radius 2 is 1.76 bits per heavy atom. The number of hydrogen-bond donors (Lipinski definition) is 0. The number of pyridine rings is 1. The van der Waals surface area contributed by atoms with Crippen LogP contribution in [0.4, 0.5) is 5.82 Å². The zero-order valence-electron chi connectivity index (χ0n) is 13.4. The molecule has 1 aliphatic heterocycles. The molecular weight excluding hydrogens is 324 g/mol. The third kappa shape index (κ3) is 2.04. The number of hydrogen-bond acceptors (Lipinski definition) is 6. The minimum atomic E-state index is -0.450. The van der Waals surface area contributed by atoms with E-state index in [1.807, 2.05) is 0 Å². The number of aromatic nitrogens is 3. The summed E-state index contributed by atoms with van der Waals surface area (Å²) in [6.45, 7) is 1.37. The van der Waals surface area contributed by atoms with E-state index in [4.69, 9.17) is 4.74 Å². The molecule has 2 aromatic heterocycles. The molecule has 4 rings (SSSR count). The molecule has 0 N–H and O–H groups in total. The van der Waals surface area contributed by atoms with Crippen LogP contribution in [0, 0.1) is 0 Å². The Morgan fingerprint density at radius 1 is 1.12 bits per heavy atom. The van der Waals surface area contributed by atoms with Crippen molar-refractivity contribution in [3.8, 4) is 5.88 Å². The molecule has 0 saturated carbocycles. The van der Waals surface area contributed by atoms with Crippen LogP contribution in [0.2, 0.25) is 0 Å². The molecule has 8 nitrogen and oxygen atoms in total. The van der Waals surface area contributed by atoms with Gasteiger partial charge in [-0.1, -0.05) is 12.1 Å². The van der Waals surface area contributed by atoms with Gasteiger partial charge in [-0.05, 0) is 18.2 Å². The summed E-state index contributed by atoms with van der Waals surface area (Å²) >= 11 is 0. The molecule has 0 atom stereocenters. The standard InChI is InChI=1S/C17H12N4O4/c1-9(22)21-14-10(8-18-21)7-13(19-15(14)25-2)20-16(23)11-5-3-4-6-12(11)17(20)24/h3-8H,1-2H3. The second-order valence-corrected chi connectivity index (χ2v) is 5.49. The average molecular weight is 336 g/mol. The van der Waals surface area contributed by atoms with E-state index in [-0.39, 0.29) is 17.6 Å². The summed E-state index contributed by atoms with van der Waals surface area (Å²) in [7, 11) is 1.39. The number of rotatable bonds is 2. The first-order chi connectivity index (χ1) is 12.0. The first kappa shape index (κ1) is 15.0. The average Bonchev–Trinajstić information content (AvgIpc) is 3.14. The van der Waals surface area contributed by atoms with Gasteiger partial charge in [0.15, 0.2) is 0 Å². The molecule has 0 saturated heterocycles. The van der Waals surface area contributed by atoms with Gasteiger partial charge >= 0.3 is 0 Å². The quantitative estimate of drug-likeness (QED) is 0.663. The number of ether oxygens (including phenoxy) is 1. The molecule has 3 aromatic rings. The molecule has 0 bridgehead atoms. The molecule has 3 heterocycles. The predicted molar refractivity (Wildman–Crippen MR) is 88.0 cm³/mol. The zero-order valence-corrected chi connectivity index (χ0v) is 13.4. The first-order valence-electron chi connectivity index (χ1n) is 7.44. The first-order valence-corrected chi connectivity index (χ1v) is 7.44. The maximum Gasteiger partial charge on any atom is 0.267 e. The van der Waals surface area contributed by atoms with Gasteiger partial charge in [0.1, 0.15) is 11.3 Å². The zero-order chi connectivity index (χ0) is 17.7. The molecule has 0 spiro atoms. The minimum absolute atomic E-state index is 0.108. The minimum Gasteiger partial charge on any atom is -0.479 e. The number of fused-ring (bicyclic) bond motifs is 2. The molecule has 2 amide bonds. The van der Waals surface area contributed by atoms with Crippen molar-refractivity contribution < 1.29 is 19.1 Å². The van der Waals surface area contributed by atoms with Gasteiger partial charge in [-0.15, -0.1) is 0 Å². The highest BCUT2D eigenvalue weighted by molar-refractivity contribution is 6.34. The lowest BCUT2D eigenvalue weighted by Crippen LogP contribution is -2.30. The largest absolute Gasteiger partial charge is 0.479 e. The Hall–Kier alpha value is -3.55. The van der Waals surface area contributed by atoms with Crippen molar-refractivity contribution in [2.24, 2.45) is 0 Å². The number of benzene rings is 1. The highest BCUT2D eigenvalue weighted by Gasteiger charge is 2.37. The van der Waals surface area contributed by atoms with Crippen LogP contribution >= 0.6 is 0 Å². The van der Waals surface area contributed by atoms with E-state index in [0.29, 0.717) is 22.0 Å². The molecule has 25 heavy (non-hydrogen) atoms. The Bertz CT molecular complexity index is 1030. The second-order valence-electron chi connectivity index (χ2n) is 5.49. The number of amides is 2. The number of carbonyl (C=O) groups excluding carboxylic acids is 3. The number of methoxy groups -OCH3 is 1. The van der Waals surface area contributed by atoms with Crippen LogP contribution in [0.1, 0.15) is 32.4 Å². The van der Waals surface area contributed by atoms with E-state index in [9.17, 15) is 14.4 Å². The van der Waals surface area contributed by atoms with E-state index in [1.54, 1.807) is 24.3 Å². The Morgan fingerprint density at radius 3 is 2.32 bits per heavy atom. The van der Waals surface area contributed by atoms with Crippen molar-refractivity contribution in [1.29, 1.82) is 0 Å². The molecule has 0 aliphatic carbocycles. The van der Waals surface area contributed by atoms with E-state index in [2.05, 4.69) is 10.1 Å². The van der Waals surface area contributed by atoms with Gasteiger partial charge in [-0.3, -0.25) is 14.4 Å². The van der Waals surface area contributed by atoms with E-state index in [0.717, 1.165) is 9.58 Å². The van der Waals surface area contributed by atoms with E-state index >= 15 is 0 Å². The topological polar surface area (TPSA) is 94.4 Å². The fourth-order valence-corrected chi connectivity index (χ4v) is 2.90. The van der Waals surface area contributed by atoms with Crippen LogP contribution in [-0.2, 0) is 0 Å². The summed E-state index contributed by atoms with van der Waals surface area (Å²) in [5, 5.41) is 4.54. The molecule has 124 valence electrons. The van der Waals surface area contributed by atoms with Gasteiger partial charge in [0.25, 0.3) is 11.8 Å². The van der Waals surface area contributed by atoms with E-state index < -0.39 is 11.8 Å². The van der Waals surface area contributed by atoms with Gasteiger partial charge in [-0.2, -0.15) is 14.8 Å². The maximum atomic E-state index is 12.6. The smallest absolute Gasteiger partial charge is 0.267 e. The van der Waals surface area contributed by atoms with Crippen LogP contribution in [0.25, 0.3) is 10.9 Å². The van der Waals surface area contributed by atoms with Crippen molar-refractivity contribution in [3.63, 3.8) is 0 Å². The number of anilines is 1. The third-order valence-corrected chi connectivity index (χ3v) is 4.02. The van der Waals surface area contributed by atoms with Gasteiger partial charge in [0, 0.05) is 12.3 Å². The van der Waals surface area contributed by atoms with E-state index in [1.165, 1.54) is 26.3 Å². The highest BCUT2D eigenvalue weighted by atomic mass is 16.5. The lowest BCUT2D eigenvalue weighted by molar-refractivity contribution is 0.0913. The molecule has 1 aliphatic rings. The molecule has 1 aromatic carbocycles. The molecule has 0 unspecified atom stereocenters. The van der Waals surface area contributed by atoms with Gasteiger partial charge in [0.2, 0.25) is 11.8 Å². The van der Waals surface area contributed by atoms with Crippen LogP contribution in [0.5, 0.6) is 5.88 Å². The van der Waals surface area contributed by atoms with Crippen molar-refractivity contribution in [1.82, 2.24) is 14.8 Å². The monoisotopic (exact) mass is 336 g/mol. The van der Waals surface area contributed by atoms with Crippen molar-refractivity contribution in [3.05, 3.63) is 47.7 Å². The number of nitrogens with zero attached hydrogens (tertiary/aromatic N) is 4. The lowest BCUT2D eigenvalue weighted by Gasteiger charge is -2.14. The summed E-state index contributed by atoms with van der Waals surface area (Å²) in [4.78, 5) is 42.1. The Kier molecular flexibility index (Phi) is 3.14. The van der Waals surface area contributed by atoms with Crippen LogP contribution in [0.15, 0.2) is 36.5 Å². The van der Waals surface area contributed by atoms with Crippen molar-refractivity contribution in [2.75, 3.05) is 12.0 Å². The summed E-state index contributed by atoms with van der Waals surface area (Å²) in [6, 6.07) is 8.12. The molecular formula is C17H12N4O4. The summed E-state index contributed by atoms with van der Waals surface area (Å²) in [5.74, 6) is -0.971. The fraction of sp³-hybridized carbons (Fsp3) is 0.118. The van der Waals surface area contributed by atoms with Crippen LogP contribution in [0.3, 0.4) is 0 Å². The summed E-state index contributed by atoms with van der Waals surface area (Å²) in [5.41, 5.74) is 1.04. The number of carbonyl (C=O) groups is 3. The molecule has 0 fully saturated rings. The van der Waals surface area contributed by atoms with Crippen LogP contribution < -0.4 is 9.64 Å². The van der Waals surface area contributed by atoms with Gasteiger partial charge in [0.05, 0.1) is 24.4 Å². The van der Waals surface area contributed by atoms with Crippen LogP contribution in [-0.4, -0.2) is 39.6 Å². The normalized spacial score (nSPS) is 13.4. The number of imide groups is 1. The Balaban J connectivity index is 1.90. The van der Waals surface area contributed by atoms with Crippen molar-refractivity contribution >= 4 is 34.4 Å². The fourth-order valence-electron chi connectivity index (χ4n) is 2.90. The van der Waals surface area contributed by atoms with Gasteiger partial charge < -0.3 is 4.74 Å². The Labute approximate surface area is 141 Å². The SMILES string of the molecule is COc1nc(N2C(=O)c3ccccc3C2=O)cc2cnn(C(C)=O)c12. The maximum absolute atomic E-state index is 12.6. The van der Waals surface area contributed by atoms with Gasteiger partial charge in [-0.25, -0.2) is 4.90 Å². The lowest BCUT2D eigenvalue weighted by atomic mass is 10.1. The van der Waals surface area contributed by atoms with Crippen molar-refractivity contribution in [2.45, 2.75) is 6.92 Å². The summed E-state index contributed by atoms with van der Waals surface area (Å²) < 4.78 is 6.41. The second kappa shape index (κ2) is 5.23. The molecule has 0 radical (unpaired) electrons. The molecule has 8 heteroatoms. The third-order valence-electron chi connectivity index (χ3n) is 4.02. The summed E-state index contributed by atoms with van der Waals surface area (Å²) in [6.07, 6.45) is 1.46. The predicted octanol–water partition coefficient (Wildman–Crippen LogP) is 1.90.